The smallest absolute Gasteiger partial charge is 0.309 e. The van der Waals surface area contributed by atoms with Crippen LogP contribution in [0.25, 0.3) is 0 Å². The van der Waals surface area contributed by atoms with Gasteiger partial charge in [0.2, 0.25) is 0 Å². The largest absolute Gasteiger partial charge is 0.481 e. The van der Waals surface area contributed by atoms with E-state index in [0.717, 1.165) is 18.0 Å². The Morgan fingerprint density at radius 3 is 3.17 bits per heavy atom. The van der Waals surface area contributed by atoms with Crippen LogP contribution < -0.4 is 0 Å². The Morgan fingerprint density at radius 2 is 2.44 bits per heavy atom. The van der Waals surface area contributed by atoms with E-state index in [1.807, 2.05) is 5.38 Å². The number of carboxylic acids is 1. The van der Waals surface area contributed by atoms with Gasteiger partial charge in [0.05, 0.1) is 17.1 Å². The minimum absolute atomic E-state index is 0.0403. The van der Waals surface area contributed by atoms with Gasteiger partial charge in [-0.15, -0.1) is 11.3 Å². The summed E-state index contributed by atoms with van der Waals surface area (Å²) < 4.78 is 0. The summed E-state index contributed by atoms with van der Waals surface area (Å²) in [6.45, 7) is 4.49. The van der Waals surface area contributed by atoms with Crippen molar-refractivity contribution in [2.24, 2.45) is 0 Å². The maximum absolute atomic E-state index is 10.6. The summed E-state index contributed by atoms with van der Waals surface area (Å²) in [6.07, 6.45) is 4.85. The van der Waals surface area contributed by atoms with E-state index in [0.29, 0.717) is 11.7 Å². The zero-order chi connectivity index (χ0) is 13.0. The maximum Gasteiger partial charge on any atom is 0.309 e. The van der Waals surface area contributed by atoms with Crippen molar-refractivity contribution in [3.63, 3.8) is 0 Å². The Kier molecular flexibility index (Phi) is 4.72. The second kappa shape index (κ2) is 6.29. The van der Waals surface area contributed by atoms with Gasteiger partial charge in [0.1, 0.15) is 0 Å². The van der Waals surface area contributed by atoms with Crippen molar-refractivity contribution in [3.8, 4) is 0 Å². The molecule has 0 bridgehead atoms. The lowest BCUT2D eigenvalue weighted by Gasteiger charge is -2.34. The molecule has 0 aliphatic carbocycles. The van der Waals surface area contributed by atoms with Crippen LogP contribution in [-0.4, -0.2) is 40.1 Å². The standard InChI is InChI=1S/C13H20N2O2S/c1-2-15-6-4-3-5-11(15)8-12-14-10(9-18-12)7-13(16)17/h9,11H,2-8H2,1H3,(H,16,17). The summed E-state index contributed by atoms with van der Waals surface area (Å²) >= 11 is 1.60. The van der Waals surface area contributed by atoms with E-state index >= 15 is 0 Å². The highest BCUT2D eigenvalue weighted by Gasteiger charge is 2.22. The molecule has 100 valence electrons. The van der Waals surface area contributed by atoms with Crippen molar-refractivity contribution >= 4 is 17.3 Å². The molecule has 1 aliphatic heterocycles. The van der Waals surface area contributed by atoms with E-state index < -0.39 is 5.97 Å². The highest BCUT2D eigenvalue weighted by atomic mass is 32.1. The Morgan fingerprint density at radius 1 is 1.61 bits per heavy atom. The lowest BCUT2D eigenvalue weighted by Crippen LogP contribution is -2.40. The Balaban J connectivity index is 1.95. The van der Waals surface area contributed by atoms with Gasteiger partial charge in [-0.3, -0.25) is 4.79 Å². The first-order valence-electron chi connectivity index (χ1n) is 6.58. The maximum atomic E-state index is 10.6. The molecule has 0 aromatic carbocycles. The van der Waals surface area contributed by atoms with Gasteiger partial charge in [-0.25, -0.2) is 4.98 Å². The number of likely N-dealkylation sites (tertiary alicyclic amines) is 1. The van der Waals surface area contributed by atoms with Gasteiger partial charge in [0.15, 0.2) is 0 Å². The van der Waals surface area contributed by atoms with E-state index in [1.54, 1.807) is 11.3 Å². The van der Waals surface area contributed by atoms with E-state index in [2.05, 4.69) is 16.8 Å². The number of nitrogens with zero attached hydrogens (tertiary/aromatic N) is 2. The van der Waals surface area contributed by atoms with Crippen LogP contribution in [0.1, 0.15) is 36.9 Å². The first-order valence-corrected chi connectivity index (χ1v) is 7.46. The Hall–Kier alpha value is -0.940. The van der Waals surface area contributed by atoms with Crippen LogP contribution in [0.4, 0.5) is 0 Å². The lowest BCUT2D eigenvalue weighted by atomic mass is 10.00. The third-order valence-electron chi connectivity index (χ3n) is 3.50. The number of carboxylic acid groups (broad SMARTS) is 1. The van der Waals surface area contributed by atoms with E-state index in [1.165, 1.54) is 25.8 Å². The van der Waals surface area contributed by atoms with Crippen LogP contribution in [0.2, 0.25) is 0 Å². The molecule has 0 saturated carbocycles. The summed E-state index contributed by atoms with van der Waals surface area (Å²) in [7, 11) is 0. The molecular formula is C13H20N2O2S. The SMILES string of the molecule is CCN1CCCCC1Cc1nc(CC(=O)O)cs1. The Bertz CT molecular complexity index is 405. The molecule has 1 atom stereocenters. The van der Waals surface area contributed by atoms with Crippen LogP contribution in [0.3, 0.4) is 0 Å². The quantitative estimate of drug-likeness (QED) is 0.889. The minimum atomic E-state index is -0.806. The van der Waals surface area contributed by atoms with Crippen LogP contribution in [0.5, 0.6) is 0 Å². The molecule has 1 unspecified atom stereocenters. The fraction of sp³-hybridized carbons (Fsp3) is 0.692. The zero-order valence-corrected chi connectivity index (χ0v) is 11.6. The second-order valence-electron chi connectivity index (χ2n) is 4.79. The zero-order valence-electron chi connectivity index (χ0n) is 10.8. The fourth-order valence-corrected chi connectivity index (χ4v) is 3.45. The topological polar surface area (TPSA) is 53.4 Å². The first-order chi connectivity index (χ1) is 8.69. The molecule has 5 heteroatoms. The van der Waals surface area contributed by atoms with Crippen LogP contribution >= 0.6 is 11.3 Å². The monoisotopic (exact) mass is 268 g/mol. The molecule has 1 aliphatic rings. The van der Waals surface area contributed by atoms with Gasteiger partial charge in [-0.2, -0.15) is 0 Å². The fourth-order valence-electron chi connectivity index (χ4n) is 2.59. The van der Waals surface area contributed by atoms with E-state index in [4.69, 9.17) is 5.11 Å². The van der Waals surface area contributed by atoms with Crippen LogP contribution in [-0.2, 0) is 17.6 Å². The van der Waals surface area contributed by atoms with Crippen molar-refractivity contribution < 1.29 is 9.90 Å². The molecular weight excluding hydrogens is 248 g/mol. The normalized spacial score (nSPS) is 21.1. The number of likely N-dealkylation sites (N-methyl/N-ethyl adjacent to an activating group) is 1. The Labute approximate surface area is 112 Å². The van der Waals surface area contributed by atoms with Crippen molar-refractivity contribution in [2.75, 3.05) is 13.1 Å². The number of aromatic nitrogens is 1. The summed E-state index contributed by atoms with van der Waals surface area (Å²) in [6, 6.07) is 0.590. The summed E-state index contributed by atoms with van der Waals surface area (Å²) in [5.41, 5.74) is 0.696. The molecule has 1 aromatic rings. The molecule has 1 fully saturated rings. The molecule has 1 N–H and O–H groups in total. The number of rotatable bonds is 5. The number of piperidine rings is 1. The average Bonchev–Trinajstić information content (AvgIpc) is 2.76. The number of carbonyl (C=O) groups is 1. The number of hydrogen-bond donors (Lipinski definition) is 1. The third-order valence-corrected chi connectivity index (χ3v) is 4.42. The van der Waals surface area contributed by atoms with Gasteiger partial charge in [0, 0.05) is 17.8 Å². The molecule has 0 radical (unpaired) electrons. The highest BCUT2D eigenvalue weighted by molar-refractivity contribution is 7.09. The molecule has 2 heterocycles. The lowest BCUT2D eigenvalue weighted by molar-refractivity contribution is -0.136. The second-order valence-corrected chi connectivity index (χ2v) is 5.73. The predicted molar refractivity (Wildman–Crippen MR) is 72.0 cm³/mol. The van der Waals surface area contributed by atoms with E-state index in [9.17, 15) is 4.79 Å². The van der Waals surface area contributed by atoms with Gasteiger partial charge in [0.25, 0.3) is 0 Å². The van der Waals surface area contributed by atoms with Gasteiger partial charge in [-0.05, 0) is 25.9 Å². The highest BCUT2D eigenvalue weighted by Crippen LogP contribution is 2.22. The average molecular weight is 268 g/mol. The molecule has 4 nitrogen and oxygen atoms in total. The van der Waals surface area contributed by atoms with Gasteiger partial charge in [-0.1, -0.05) is 13.3 Å². The van der Waals surface area contributed by atoms with Crippen molar-refractivity contribution in [1.82, 2.24) is 9.88 Å². The molecule has 2 rings (SSSR count). The molecule has 0 amide bonds. The molecule has 18 heavy (non-hydrogen) atoms. The number of thiazole rings is 1. The molecule has 1 saturated heterocycles. The van der Waals surface area contributed by atoms with Crippen molar-refractivity contribution in [2.45, 2.75) is 45.1 Å². The summed E-state index contributed by atoms with van der Waals surface area (Å²) in [5, 5.41) is 11.7. The number of aliphatic carboxylic acids is 1. The summed E-state index contributed by atoms with van der Waals surface area (Å²) in [4.78, 5) is 17.6. The first kappa shape index (κ1) is 13.5. The van der Waals surface area contributed by atoms with Crippen LogP contribution in [0.15, 0.2) is 5.38 Å². The minimum Gasteiger partial charge on any atom is -0.481 e. The van der Waals surface area contributed by atoms with Gasteiger partial charge < -0.3 is 10.0 Å². The summed E-state index contributed by atoms with van der Waals surface area (Å²) in [5.74, 6) is -0.806. The van der Waals surface area contributed by atoms with E-state index in [-0.39, 0.29) is 6.42 Å². The third kappa shape index (κ3) is 3.53. The van der Waals surface area contributed by atoms with Crippen molar-refractivity contribution in [3.05, 3.63) is 16.1 Å². The predicted octanol–water partition coefficient (Wildman–Crippen LogP) is 2.19. The van der Waals surface area contributed by atoms with Crippen molar-refractivity contribution in [1.29, 1.82) is 0 Å². The van der Waals surface area contributed by atoms with Gasteiger partial charge >= 0.3 is 5.97 Å². The molecule has 0 spiro atoms. The number of hydrogen-bond acceptors (Lipinski definition) is 4. The van der Waals surface area contributed by atoms with Crippen LogP contribution in [0, 0.1) is 0 Å². The molecule has 1 aromatic heterocycles.